The van der Waals surface area contributed by atoms with E-state index in [9.17, 15) is 4.79 Å². The van der Waals surface area contributed by atoms with Gasteiger partial charge in [-0.15, -0.1) is 0 Å². The van der Waals surface area contributed by atoms with Crippen LogP contribution in [0.2, 0.25) is 0 Å². The highest BCUT2D eigenvalue weighted by Gasteiger charge is 2.17. The molecule has 1 aromatic heterocycles. The van der Waals surface area contributed by atoms with Gasteiger partial charge in [0.25, 0.3) is 0 Å². The molecule has 0 bridgehead atoms. The Morgan fingerprint density at radius 3 is 2.67 bits per heavy atom. The molecule has 1 fully saturated rings. The molecule has 1 saturated heterocycles. The molecule has 1 aliphatic heterocycles. The molecule has 4 rings (SSSR count). The Bertz CT molecular complexity index is 862. The van der Waals surface area contributed by atoms with Gasteiger partial charge in [0.1, 0.15) is 0 Å². The lowest BCUT2D eigenvalue weighted by Crippen LogP contribution is -2.21. The predicted molar refractivity (Wildman–Crippen MR) is 98.5 cm³/mol. The molecule has 1 amide bonds. The number of anilines is 2. The second-order valence-corrected chi connectivity index (χ2v) is 6.30. The van der Waals surface area contributed by atoms with Gasteiger partial charge in [0.05, 0.1) is 17.8 Å². The van der Waals surface area contributed by atoms with Crippen LogP contribution in [0.1, 0.15) is 18.4 Å². The molecule has 2 aromatic carbocycles. The number of hydrogen-bond donors (Lipinski definition) is 2. The Labute approximate surface area is 141 Å². The maximum atomic E-state index is 12.5. The number of aromatic amines is 1. The van der Waals surface area contributed by atoms with Crippen molar-refractivity contribution in [1.29, 1.82) is 0 Å². The topological polar surface area (TPSA) is 48.1 Å². The summed E-state index contributed by atoms with van der Waals surface area (Å²) in [7, 11) is 0. The fraction of sp³-hybridized carbons (Fsp3) is 0.250. The zero-order chi connectivity index (χ0) is 16.4. The summed E-state index contributed by atoms with van der Waals surface area (Å²) in [5.41, 5.74) is 4.13. The van der Waals surface area contributed by atoms with Crippen LogP contribution in [0.15, 0.2) is 54.7 Å². The number of amides is 1. The zero-order valence-electron chi connectivity index (χ0n) is 13.6. The average molecular weight is 319 g/mol. The van der Waals surface area contributed by atoms with E-state index >= 15 is 0 Å². The third kappa shape index (κ3) is 2.87. The Hall–Kier alpha value is -2.75. The maximum absolute atomic E-state index is 12.5. The van der Waals surface area contributed by atoms with Crippen LogP contribution in [0, 0.1) is 0 Å². The van der Waals surface area contributed by atoms with Crippen LogP contribution >= 0.6 is 0 Å². The number of carbonyl (C=O) groups excluding carboxylic acids is 1. The van der Waals surface area contributed by atoms with E-state index in [2.05, 4.69) is 21.3 Å². The van der Waals surface area contributed by atoms with Crippen LogP contribution in [-0.2, 0) is 11.2 Å². The SMILES string of the molecule is O=C(Cc1c[nH]c2ccccc12)Nc1ccccc1N1CCCC1. The van der Waals surface area contributed by atoms with E-state index in [1.807, 2.05) is 48.7 Å². The van der Waals surface area contributed by atoms with Gasteiger partial charge in [-0.1, -0.05) is 30.3 Å². The second kappa shape index (κ2) is 6.40. The smallest absolute Gasteiger partial charge is 0.228 e. The molecule has 2 heterocycles. The van der Waals surface area contributed by atoms with Gasteiger partial charge in [0.15, 0.2) is 0 Å². The molecule has 0 spiro atoms. The quantitative estimate of drug-likeness (QED) is 0.765. The first-order valence-electron chi connectivity index (χ1n) is 8.50. The molecule has 3 aromatic rings. The first-order chi connectivity index (χ1) is 11.8. The third-order valence-corrected chi connectivity index (χ3v) is 4.65. The molecule has 24 heavy (non-hydrogen) atoms. The van der Waals surface area contributed by atoms with Crippen molar-refractivity contribution in [3.8, 4) is 0 Å². The number of carbonyl (C=O) groups is 1. The lowest BCUT2D eigenvalue weighted by Gasteiger charge is -2.21. The lowest BCUT2D eigenvalue weighted by molar-refractivity contribution is -0.115. The summed E-state index contributed by atoms with van der Waals surface area (Å²) in [6, 6.07) is 16.2. The van der Waals surface area contributed by atoms with Gasteiger partial charge < -0.3 is 15.2 Å². The zero-order valence-corrected chi connectivity index (χ0v) is 13.6. The second-order valence-electron chi connectivity index (χ2n) is 6.30. The van der Waals surface area contributed by atoms with Crippen LogP contribution in [0.25, 0.3) is 10.9 Å². The minimum Gasteiger partial charge on any atom is -0.370 e. The van der Waals surface area contributed by atoms with Crippen LogP contribution < -0.4 is 10.2 Å². The summed E-state index contributed by atoms with van der Waals surface area (Å²) in [5, 5.41) is 4.21. The van der Waals surface area contributed by atoms with E-state index in [1.165, 1.54) is 12.8 Å². The van der Waals surface area contributed by atoms with E-state index in [0.717, 1.165) is 40.9 Å². The van der Waals surface area contributed by atoms with Crippen LogP contribution in [-0.4, -0.2) is 24.0 Å². The summed E-state index contributed by atoms with van der Waals surface area (Å²) in [4.78, 5) is 18.1. The van der Waals surface area contributed by atoms with Gasteiger partial charge in [-0.3, -0.25) is 4.79 Å². The van der Waals surface area contributed by atoms with Crippen molar-refractivity contribution >= 4 is 28.2 Å². The number of fused-ring (bicyclic) bond motifs is 1. The maximum Gasteiger partial charge on any atom is 0.228 e. The summed E-state index contributed by atoms with van der Waals surface area (Å²) in [6.07, 6.45) is 4.74. The van der Waals surface area contributed by atoms with Gasteiger partial charge in [-0.25, -0.2) is 0 Å². The minimum atomic E-state index is 0.0198. The highest BCUT2D eigenvalue weighted by molar-refractivity contribution is 5.98. The van der Waals surface area contributed by atoms with Gasteiger partial charge >= 0.3 is 0 Å². The highest BCUT2D eigenvalue weighted by atomic mass is 16.1. The number of nitrogens with one attached hydrogen (secondary N) is 2. The summed E-state index contributed by atoms with van der Waals surface area (Å²) >= 11 is 0. The first-order valence-corrected chi connectivity index (χ1v) is 8.50. The number of para-hydroxylation sites is 3. The van der Waals surface area contributed by atoms with E-state index < -0.39 is 0 Å². The molecular formula is C20H21N3O. The van der Waals surface area contributed by atoms with Gasteiger partial charge in [0, 0.05) is 30.2 Å². The molecule has 2 N–H and O–H groups in total. The molecule has 1 aliphatic rings. The van der Waals surface area contributed by atoms with Gasteiger partial charge in [-0.05, 0) is 36.6 Å². The number of hydrogen-bond acceptors (Lipinski definition) is 2. The normalized spacial score (nSPS) is 14.2. The molecule has 0 atom stereocenters. The van der Waals surface area contributed by atoms with Crippen molar-refractivity contribution in [2.45, 2.75) is 19.3 Å². The Morgan fingerprint density at radius 1 is 1.04 bits per heavy atom. The molecule has 0 aliphatic carbocycles. The molecule has 4 heteroatoms. The van der Waals surface area contributed by atoms with E-state index in [4.69, 9.17) is 0 Å². The average Bonchev–Trinajstić information content (AvgIpc) is 3.26. The number of aromatic nitrogens is 1. The minimum absolute atomic E-state index is 0.0198. The van der Waals surface area contributed by atoms with Crippen molar-refractivity contribution in [3.05, 3.63) is 60.3 Å². The Balaban J connectivity index is 1.52. The Morgan fingerprint density at radius 2 is 1.79 bits per heavy atom. The fourth-order valence-electron chi connectivity index (χ4n) is 3.46. The van der Waals surface area contributed by atoms with Crippen LogP contribution in [0.5, 0.6) is 0 Å². The lowest BCUT2D eigenvalue weighted by atomic mass is 10.1. The molecule has 122 valence electrons. The number of rotatable bonds is 4. The van der Waals surface area contributed by atoms with Gasteiger partial charge in [-0.2, -0.15) is 0 Å². The number of benzene rings is 2. The van der Waals surface area contributed by atoms with Crippen molar-refractivity contribution < 1.29 is 4.79 Å². The first kappa shape index (κ1) is 14.8. The van der Waals surface area contributed by atoms with Crippen LogP contribution in [0.3, 0.4) is 0 Å². The number of H-pyrrole nitrogens is 1. The van der Waals surface area contributed by atoms with E-state index in [0.29, 0.717) is 6.42 Å². The molecule has 4 nitrogen and oxygen atoms in total. The van der Waals surface area contributed by atoms with E-state index in [1.54, 1.807) is 0 Å². The monoisotopic (exact) mass is 319 g/mol. The van der Waals surface area contributed by atoms with Crippen molar-refractivity contribution in [2.75, 3.05) is 23.3 Å². The molecule has 0 radical (unpaired) electrons. The fourth-order valence-corrected chi connectivity index (χ4v) is 3.46. The Kier molecular flexibility index (Phi) is 3.95. The molecular weight excluding hydrogens is 298 g/mol. The van der Waals surface area contributed by atoms with Crippen LogP contribution in [0.4, 0.5) is 11.4 Å². The van der Waals surface area contributed by atoms with Gasteiger partial charge in [0.2, 0.25) is 5.91 Å². The van der Waals surface area contributed by atoms with E-state index in [-0.39, 0.29) is 5.91 Å². The number of nitrogens with zero attached hydrogens (tertiary/aromatic N) is 1. The molecule has 0 saturated carbocycles. The summed E-state index contributed by atoms with van der Waals surface area (Å²) < 4.78 is 0. The third-order valence-electron chi connectivity index (χ3n) is 4.65. The van der Waals surface area contributed by atoms with Crippen molar-refractivity contribution in [2.24, 2.45) is 0 Å². The van der Waals surface area contributed by atoms with Crippen molar-refractivity contribution in [3.63, 3.8) is 0 Å². The molecule has 0 unspecified atom stereocenters. The summed E-state index contributed by atoms with van der Waals surface area (Å²) in [5.74, 6) is 0.0198. The largest absolute Gasteiger partial charge is 0.370 e. The summed E-state index contributed by atoms with van der Waals surface area (Å²) in [6.45, 7) is 2.13. The predicted octanol–water partition coefficient (Wildman–Crippen LogP) is 3.95. The standard InChI is InChI=1S/C20H21N3O/c24-20(13-15-14-21-17-8-2-1-7-16(15)17)22-18-9-3-4-10-19(18)23-11-5-6-12-23/h1-4,7-10,14,21H,5-6,11-13H2,(H,22,24). The highest BCUT2D eigenvalue weighted by Crippen LogP contribution is 2.29. The van der Waals surface area contributed by atoms with Crippen molar-refractivity contribution in [1.82, 2.24) is 4.98 Å².